The standard InChI is InChI=1S/C24H22BrN7/c1-32(24-29-16-28-23(31-24)30-20-9-5-8-19(25)13-20)21-10-11-22(18(12-21)14-26)27-15-17-6-3-2-4-7-17/h2-14,16,26-27H,15H2,1H3,(H,28,29,30,31). The Bertz CT molecular complexity index is 1210. The predicted molar refractivity (Wildman–Crippen MR) is 133 cm³/mol. The Balaban J connectivity index is 1.51. The molecule has 0 saturated heterocycles. The van der Waals surface area contributed by atoms with E-state index in [1.165, 1.54) is 18.1 Å². The van der Waals surface area contributed by atoms with Gasteiger partial charge in [0, 0.05) is 46.9 Å². The smallest absolute Gasteiger partial charge is 0.234 e. The van der Waals surface area contributed by atoms with Gasteiger partial charge in [0.2, 0.25) is 11.9 Å². The first-order valence-corrected chi connectivity index (χ1v) is 10.8. The molecule has 1 aromatic heterocycles. The Morgan fingerprint density at radius 2 is 1.84 bits per heavy atom. The molecule has 7 nitrogen and oxygen atoms in total. The van der Waals surface area contributed by atoms with E-state index in [-0.39, 0.29) is 0 Å². The van der Waals surface area contributed by atoms with Crippen molar-refractivity contribution >= 4 is 51.1 Å². The number of anilines is 5. The molecule has 8 heteroatoms. The van der Waals surface area contributed by atoms with Crippen LogP contribution in [0.5, 0.6) is 0 Å². The molecule has 160 valence electrons. The molecule has 0 aliphatic rings. The first kappa shape index (κ1) is 21.5. The Hall–Kier alpha value is -3.78. The van der Waals surface area contributed by atoms with E-state index in [4.69, 9.17) is 5.41 Å². The van der Waals surface area contributed by atoms with Gasteiger partial charge in [0.05, 0.1) is 0 Å². The van der Waals surface area contributed by atoms with Crippen LogP contribution in [0.15, 0.2) is 83.6 Å². The van der Waals surface area contributed by atoms with E-state index in [0.717, 1.165) is 27.1 Å². The number of hydrogen-bond donors (Lipinski definition) is 3. The van der Waals surface area contributed by atoms with Crippen molar-refractivity contribution in [3.8, 4) is 0 Å². The molecule has 0 bridgehead atoms. The van der Waals surface area contributed by atoms with Crippen LogP contribution >= 0.6 is 15.9 Å². The van der Waals surface area contributed by atoms with E-state index < -0.39 is 0 Å². The Labute approximate surface area is 195 Å². The van der Waals surface area contributed by atoms with Crippen molar-refractivity contribution in [2.45, 2.75) is 6.54 Å². The van der Waals surface area contributed by atoms with Crippen LogP contribution in [0.25, 0.3) is 0 Å². The van der Waals surface area contributed by atoms with Gasteiger partial charge in [-0.2, -0.15) is 4.98 Å². The third kappa shape index (κ3) is 5.28. The van der Waals surface area contributed by atoms with Gasteiger partial charge >= 0.3 is 0 Å². The van der Waals surface area contributed by atoms with Crippen molar-refractivity contribution in [1.29, 1.82) is 5.41 Å². The fourth-order valence-corrected chi connectivity index (χ4v) is 3.55. The summed E-state index contributed by atoms with van der Waals surface area (Å²) in [4.78, 5) is 14.9. The van der Waals surface area contributed by atoms with Gasteiger partial charge in [-0.15, -0.1) is 0 Å². The third-order valence-electron chi connectivity index (χ3n) is 4.84. The second-order valence-electron chi connectivity index (χ2n) is 7.06. The van der Waals surface area contributed by atoms with E-state index in [1.807, 2.05) is 72.6 Å². The summed E-state index contributed by atoms with van der Waals surface area (Å²) in [7, 11) is 1.89. The number of benzene rings is 3. The van der Waals surface area contributed by atoms with E-state index in [0.29, 0.717) is 18.4 Å². The zero-order chi connectivity index (χ0) is 22.3. The molecule has 0 spiro atoms. The summed E-state index contributed by atoms with van der Waals surface area (Å²) in [5, 5.41) is 14.4. The van der Waals surface area contributed by atoms with Gasteiger partial charge in [-0.05, 0) is 42.0 Å². The fraction of sp³-hybridized carbons (Fsp3) is 0.0833. The number of nitrogens with one attached hydrogen (secondary N) is 3. The maximum atomic E-state index is 7.85. The zero-order valence-corrected chi connectivity index (χ0v) is 19.0. The highest BCUT2D eigenvalue weighted by atomic mass is 79.9. The third-order valence-corrected chi connectivity index (χ3v) is 5.34. The molecule has 0 atom stereocenters. The van der Waals surface area contributed by atoms with Crippen molar-refractivity contribution < 1.29 is 0 Å². The second-order valence-corrected chi connectivity index (χ2v) is 7.97. The van der Waals surface area contributed by atoms with E-state index >= 15 is 0 Å². The van der Waals surface area contributed by atoms with Crippen LogP contribution in [0.3, 0.4) is 0 Å². The summed E-state index contributed by atoms with van der Waals surface area (Å²) >= 11 is 3.46. The van der Waals surface area contributed by atoms with Crippen molar-refractivity contribution in [2.75, 3.05) is 22.6 Å². The summed E-state index contributed by atoms with van der Waals surface area (Å²) in [5.41, 5.74) is 4.60. The Kier molecular flexibility index (Phi) is 6.72. The lowest BCUT2D eigenvalue weighted by Gasteiger charge is -2.19. The van der Waals surface area contributed by atoms with Crippen LogP contribution in [0.4, 0.5) is 29.0 Å². The minimum absolute atomic E-state index is 0.452. The quantitative estimate of drug-likeness (QED) is 0.274. The molecule has 4 rings (SSSR count). The highest BCUT2D eigenvalue weighted by Gasteiger charge is 2.11. The molecule has 0 fully saturated rings. The molecule has 0 aliphatic carbocycles. The number of hydrogen-bond acceptors (Lipinski definition) is 7. The summed E-state index contributed by atoms with van der Waals surface area (Å²) in [6.45, 7) is 0.689. The molecule has 4 aromatic rings. The molecule has 0 amide bonds. The van der Waals surface area contributed by atoms with Gasteiger partial charge < -0.3 is 20.9 Å². The van der Waals surface area contributed by atoms with Gasteiger partial charge in [-0.1, -0.05) is 52.3 Å². The van der Waals surface area contributed by atoms with E-state index in [2.05, 4.69) is 53.6 Å². The lowest BCUT2D eigenvalue weighted by molar-refractivity contribution is 0.990. The van der Waals surface area contributed by atoms with Crippen LogP contribution in [0.1, 0.15) is 11.1 Å². The summed E-state index contributed by atoms with van der Waals surface area (Å²) in [6.07, 6.45) is 2.82. The Morgan fingerprint density at radius 3 is 2.62 bits per heavy atom. The van der Waals surface area contributed by atoms with E-state index in [9.17, 15) is 0 Å². The lowest BCUT2D eigenvalue weighted by Crippen LogP contribution is -2.15. The average Bonchev–Trinajstić information content (AvgIpc) is 2.83. The maximum absolute atomic E-state index is 7.85. The fourth-order valence-electron chi connectivity index (χ4n) is 3.15. The predicted octanol–water partition coefficient (Wildman–Crippen LogP) is 5.76. The molecule has 1 heterocycles. The second kappa shape index (κ2) is 10.0. The van der Waals surface area contributed by atoms with Gasteiger partial charge in [0.15, 0.2) is 0 Å². The van der Waals surface area contributed by atoms with Crippen LogP contribution in [-0.4, -0.2) is 28.2 Å². The summed E-state index contributed by atoms with van der Waals surface area (Å²) < 4.78 is 0.967. The topological polar surface area (TPSA) is 89.8 Å². The highest BCUT2D eigenvalue weighted by molar-refractivity contribution is 9.10. The number of aromatic nitrogens is 3. The molecule has 0 radical (unpaired) electrons. The minimum Gasteiger partial charge on any atom is -0.380 e. The maximum Gasteiger partial charge on any atom is 0.234 e. The molecule has 0 unspecified atom stereocenters. The van der Waals surface area contributed by atoms with Crippen molar-refractivity contribution in [3.05, 3.63) is 94.7 Å². The van der Waals surface area contributed by atoms with Gasteiger partial charge in [0.25, 0.3) is 0 Å². The molecule has 32 heavy (non-hydrogen) atoms. The van der Waals surface area contributed by atoms with Crippen LogP contribution in [0, 0.1) is 5.41 Å². The molecular weight excluding hydrogens is 466 g/mol. The summed E-state index contributed by atoms with van der Waals surface area (Å²) in [5.74, 6) is 0.951. The van der Waals surface area contributed by atoms with Crippen LogP contribution in [0.2, 0.25) is 0 Å². The normalized spacial score (nSPS) is 10.4. The van der Waals surface area contributed by atoms with Gasteiger partial charge in [0.1, 0.15) is 6.33 Å². The number of rotatable bonds is 8. The zero-order valence-electron chi connectivity index (χ0n) is 17.5. The lowest BCUT2D eigenvalue weighted by atomic mass is 10.1. The van der Waals surface area contributed by atoms with Crippen LogP contribution < -0.4 is 15.5 Å². The first-order valence-electron chi connectivity index (χ1n) is 10.00. The molecule has 0 saturated carbocycles. The molecule has 3 N–H and O–H groups in total. The Morgan fingerprint density at radius 1 is 1.00 bits per heavy atom. The van der Waals surface area contributed by atoms with Crippen molar-refractivity contribution in [1.82, 2.24) is 15.0 Å². The molecule has 0 aliphatic heterocycles. The van der Waals surface area contributed by atoms with Gasteiger partial charge in [-0.3, -0.25) is 0 Å². The molecular formula is C24H22BrN7. The van der Waals surface area contributed by atoms with Gasteiger partial charge in [-0.25, -0.2) is 9.97 Å². The largest absolute Gasteiger partial charge is 0.380 e. The van der Waals surface area contributed by atoms with Crippen LogP contribution in [-0.2, 0) is 6.54 Å². The first-order chi connectivity index (χ1) is 15.6. The van der Waals surface area contributed by atoms with E-state index in [1.54, 1.807) is 0 Å². The SMILES string of the molecule is CN(c1ccc(NCc2ccccc2)c(C=N)c1)c1ncnc(Nc2cccc(Br)c2)n1. The molecule has 3 aromatic carbocycles. The van der Waals surface area contributed by atoms with Crippen molar-refractivity contribution in [3.63, 3.8) is 0 Å². The summed E-state index contributed by atoms with van der Waals surface area (Å²) in [6, 6.07) is 23.8. The number of nitrogens with zero attached hydrogens (tertiary/aromatic N) is 4. The number of halogens is 1. The highest BCUT2D eigenvalue weighted by Crippen LogP contribution is 2.26. The monoisotopic (exact) mass is 487 g/mol. The average molecular weight is 488 g/mol. The van der Waals surface area contributed by atoms with Crippen molar-refractivity contribution in [2.24, 2.45) is 0 Å². The minimum atomic E-state index is 0.452.